The number of hydrogen-bond donors (Lipinski definition) is 2. The Balaban J connectivity index is 1.57. The van der Waals surface area contributed by atoms with Crippen LogP contribution in [-0.2, 0) is 11.2 Å². The molecule has 102 valence electrons. The predicted octanol–water partition coefficient (Wildman–Crippen LogP) is 1.68. The molecular weight excluding hydrogens is 242 g/mol. The maximum Gasteiger partial charge on any atom is 0.183 e. The maximum atomic E-state index is 5.78. The summed E-state index contributed by atoms with van der Waals surface area (Å²) in [6.07, 6.45) is 7.15. The molecule has 0 radical (unpaired) electrons. The van der Waals surface area contributed by atoms with Gasteiger partial charge in [-0.25, -0.2) is 15.0 Å². The van der Waals surface area contributed by atoms with Crippen LogP contribution in [0.2, 0.25) is 0 Å². The molecule has 0 bridgehead atoms. The van der Waals surface area contributed by atoms with Crippen LogP contribution in [0.3, 0.4) is 0 Å². The standard InChI is InChI=1S/C13H19N5O/c14-12-11-13(16-8-15-12)18-10(17-11)3-1-2-9-4-6-19-7-5-9/h8-9H,1-7H2,(H3,14,15,16,17,18). The van der Waals surface area contributed by atoms with Gasteiger partial charge >= 0.3 is 0 Å². The lowest BCUT2D eigenvalue weighted by Gasteiger charge is -2.21. The van der Waals surface area contributed by atoms with Crippen molar-refractivity contribution < 1.29 is 4.74 Å². The zero-order valence-electron chi connectivity index (χ0n) is 10.9. The molecule has 0 saturated carbocycles. The molecule has 1 saturated heterocycles. The fourth-order valence-electron chi connectivity index (χ4n) is 2.61. The molecule has 0 aliphatic carbocycles. The molecule has 0 spiro atoms. The first kappa shape index (κ1) is 12.3. The first-order valence-electron chi connectivity index (χ1n) is 6.86. The number of nitrogen functional groups attached to an aromatic ring is 1. The average molecular weight is 261 g/mol. The smallest absolute Gasteiger partial charge is 0.183 e. The van der Waals surface area contributed by atoms with E-state index in [0.29, 0.717) is 11.5 Å². The van der Waals surface area contributed by atoms with E-state index in [1.54, 1.807) is 0 Å². The summed E-state index contributed by atoms with van der Waals surface area (Å²) in [6.45, 7) is 1.84. The second-order valence-corrected chi connectivity index (χ2v) is 5.09. The molecule has 2 aromatic rings. The number of ether oxygens (including phenoxy) is 1. The molecule has 0 amide bonds. The molecule has 6 heteroatoms. The van der Waals surface area contributed by atoms with E-state index in [-0.39, 0.29) is 0 Å². The molecule has 3 heterocycles. The Kier molecular flexibility index (Phi) is 3.59. The number of aromatic nitrogens is 4. The zero-order valence-corrected chi connectivity index (χ0v) is 10.9. The number of nitrogens with two attached hydrogens (primary N) is 1. The average Bonchev–Trinajstić information content (AvgIpc) is 2.84. The van der Waals surface area contributed by atoms with Crippen LogP contribution in [0.25, 0.3) is 11.2 Å². The highest BCUT2D eigenvalue weighted by Crippen LogP contribution is 2.21. The molecule has 0 atom stereocenters. The van der Waals surface area contributed by atoms with Gasteiger partial charge in [-0.2, -0.15) is 0 Å². The second-order valence-electron chi connectivity index (χ2n) is 5.09. The van der Waals surface area contributed by atoms with Gasteiger partial charge in [0, 0.05) is 19.6 Å². The third kappa shape index (κ3) is 2.84. The summed E-state index contributed by atoms with van der Waals surface area (Å²) in [5.74, 6) is 2.23. The largest absolute Gasteiger partial charge is 0.382 e. The summed E-state index contributed by atoms with van der Waals surface area (Å²) in [6, 6.07) is 0. The van der Waals surface area contributed by atoms with Crippen LogP contribution in [0.5, 0.6) is 0 Å². The number of aryl methyl sites for hydroxylation is 1. The Bertz CT molecular complexity index is 547. The third-order valence-corrected chi connectivity index (χ3v) is 3.73. The number of imidazole rings is 1. The number of hydrogen-bond acceptors (Lipinski definition) is 5. The van der Waals surface area contributed by atoms with Crippen LogP contribution in [0, 0.1) is 5.92 Å². The first-order chi connectivity index (χ1) is 9.33. The topological polar surface area (TPSA) is 89.7 Å². The van der Waals surface area contributed by atoms with Crippen molar-refractivity contribution in [3.8, 4) is 0 Å². The molecule has 0 unspecified atom stereocenters. The van der Waals surface area contributed by atoms with Gasteiger partial charge in [-0.15, -0.1) is 0 Å². The lowest BCUT2D eigenvalue weighted by Crippen LogP contribution is -2.15. The van der Waals surface area contributed by atoms with Crippen molar-refractivity contribution in [1.29, 1.82) is 0 Å². The fourth-order valence-corrected chi connectivity index (χ4v) is 2.61. The van der Waals surface area contributed by atoms with E-state index in [1.165, 1.54) is 25.6 Å². The van der Waals surface area contributed by atoms with Gasteiger partial charge in [-0.05, 0) is 31.6 Å². The maximum absolute atomic E-state index is 5.78. The van der Waals surface area contributed by atoms with Gasteiger partial charge in [0.05, 0.1) is 0 Å². The highest BCUT2D eigenvalue weighted by Gasteiger charge is 2.14. The number of H-pyrrole nitrogens is 1. The van der Waals surface area contributed by atoms with Crippen LogP contribution in [0.4, 0.5) is 5.82 Å². The minimum Gasteiger partial charge on any atom is -0.382 e. The summed E-state index contributed by atoms with van der Waals surface area (Å²) in [7, 11) is 0. The second kappa shape index (κ2) is 5.52. The monoisotopic (exact) mass is 261 g/mol. The van der Waals surface area contributed by atoms with Crippen molar-refractivity contribution in [1.82, 2.24) is 19.9 Å². The van der Waals surface area contributed by atoms with Crippen molar-refractivity contribution >= 4 is 17.0 Å². The number of nitrogens with one attached hydrogen (secondary N) is 1. The lowest BCUT2D eigenvalue weighted by atomic mass is 9.94. The molecule has 1 aliphatic rings. The van der Waals surface area contributed by atoms with E-state index in [9.17, 15) is 0 Å². The SMILES string of the molecule is Nc1ncnc2nc(CCCC3CCOCC3)[nH]c12. The third-order valence-electron chi connectivity index (χ3n) is 3.73. The van der Waals surface area contributed by atoms with Crippen LogP contribution < -0.4 is 5.73 Å². The van der Waals surface area contributed by atoms with Crippen molar-refractivity contribution in [2.45, 2.75) is 32.1 Å². The summed E-state index contributed by atoms with van der Waals surface area (Å²) in [5, 5.41) is 0. The zero-order chi connectivity index (χ0) is 13.1. The van der Waals surface area contributed by atoms with Gasteiger partial charge < -0.3 is 15.5 Å². The van der Waals surface area contributed by atoms with E-state index in [1.807, 2.05) is 0 Å². The normalized spacial score (nSPS) is 17.1. The van der Waals surface area contributed by atoms with Crippen molar-refractivity contribution in [2.24, 2.45) is 5.92 Å². The minimum atomic E-state index is 0.466. The first-order valence-corrected chi connectivity index (χ1v) is 6.86. The molecule has 3 rings (SSSR count). The van der Waals surface area contributed by atoms with Crippen LogP contribution >= 0.6 is 0 Å². The fraction of sp³-hybridized carbons (Fsp3) is 0.615. The Hall–Kier alpha value is -1.69. The lowest BCUT2D eigenvalue weighted by molar-refractivity contribution is 0.0633. The number of anilines is 1. The molecule has 6 nitrogen and oxygen atoms in total. The predicted molar refractivity (Wildman–Crippen MR) is 72.6 cm³/mol. The number of fused-ring (bicyclic) bond motifs is 1. The van der Waals surface area contributed by atoms with Crippen LogP contribution in [0.1, 0.15) is 31.5 Å². The van der Waals surface area contributed by atoms with E-state index in [2.05, 4.69) is 19.9 Å². The van der Waals surface area contributed by atoms with Gasteiger partial charge in [0.1, 0.15) is 17.7 Å². The van der Waals surface area contributed by atoms with E-state index < -0.39 is 0 Å². The molecule has 19 heavy (non-hydrogen) atoms. The molecular formula is C13H19N5O. The number of aromatic amines is 1. The highest BCUT2D eigenvalue weighted by molar-refractivity contribution is 5.80. The minimum absolute atomic E-state index is 0.466. The Morgan fingerprint density at radius 3 is 2.95 bits per heavy atom. The van der Waals surface area contributed by atoms with Gasteiger partial charge in [0.2, 0.25) is 0 Å². The van der Waals surface area contributed by atoms with Crippen molar-refractivity contribution in [3.05, 3.63) is 12.2 Å². The Labute approximate surface area is 111 Å². The van der Waals surface area contributed by atoms with Gasteiger partial charge in [-0.3, -0.25) is 0 Å². The highest BCUT2D eigenvalue weighted by atomic mass is 16.5. The van der Waals surface area contributed by atoms with Gasteiger partial charge in [0.15, 0.2) is 11.5 Å². The summed E-state index contributed by atoms with van der Waals surface area (Å²) in [4.78, 5) is 15.7. The molecule has 1 fully saturated rings. The van der Waals surface area contributed by atoms with E-state index in [0.717, 1.165) is 43.3 Å². The van der Waals surface area contributed by atoms with Crippen LogP contribution in [-0.4, -0.2) is 33.1 Å². The molecule has 1 aliphatic heterocycles. The van der Waals surface area contributed by atoms with Crippen LogP contribution in [0.15, 0.2) is 6.33 Å². The Morgan fingerprint density at radius 1 is 1.32 bits per heavy atom. The number of rotatable bonds is 4. The summed E-state index contributed by atoms with van der Waals surface area (Å²) in [5.41, 5.74) is 7.19. The Morgan fingerprint density at radius 2 is 2.16 bits per heavy atom. The van der Waals surface area contributed by atoms with Gasteiger partial charge in [0.25, 0.3) is 0 Å². The molecule has 0 aromatic carbocycles. The van der Waals surface area contributed by atoms with E-state index in [4.69, 9.17) is 10.5 Å². The summed E-state index contributed by atoms with van der Waals surface area (Å²) >= 11 is 0. The van der Waals surface area contributed by atoms with Gasteiger partial charge in [-0.1, -0.05) is 0 Å². The number of nitrogens with zero attached hydrogens (tertiary/aromatic N) is 3. The van der Waals surface area contributed by atoms with E-state index >= 15 is 0 Å². The quantitative estimate of drug-likeness (QED) is 0.874. The van der Waals surface area contributed by atoms with Crippen molar-refractivity contribution in [2.75, 3.05) is 18.9 Å². The molecule has 2 aromatic heterocycles. The summed E-state index contributed by atoms with van der Waals surface area (Å²) < 4.78 is 5.37. The van der Waals surface area contributed by atoms with Crippen molar-refractivity contribution in [3.63, 3.8) is 0 Å². The molecule has 3 N–H and O–H groups in total.